The summed E-state index contributed by atoms with van der Waals surface area (Å²) in [4.78, 5) is 3.95. The third kappa shape index (κ3) is 5.30. The van der Waals surface area contributed by atoms with Crippen LogP contribution in [0.15, 0.2) is 41.0 Å². The van der Waals surface area contributed by atoms with Gasteiger partial charge in [0.15, 0.2) is 0 Å². The smallest absolute Gasteiger partial charge is 0.127 e. The zero-order valence-electron chi connectivity index (χ0n) is 14.4. The molecule has 0 spiro atoms. The highest BCUT2D eigenvalue weighted by atomic mass is 79.9. The van der Waals surface area contributed by atoms with Crippen LogP contribution in [0.1, 0.15) is 35.4 Å². The highest BCUT2D eigenvalue weighted by Gasteiger charge is 2.41. The molecule has 1 aromatic heterocycles. The number of aryl methyl sites for hydroxylation is 1. The predicted molar refractivity (Wildman–Crippen MR) is 106 cm³/mol. The quantitative estimate of drug-likeness (QED) is 0.531. The van der Waals surface area contributed by atoms with Gasteiger partial charge < -0.3 is 16.2 Å². The fourth-order valence-electron chi connectivity index (χ4n) is 3.12. The highest BCUT2D eigenvalue weighted by Crippen LogP contribution is 2.54. The van der Waals surface area contributed by atoms with E-state index < -0.39 is 0 Å². The minimum Gasteiger partial charge on any atom is -0.377 e. The molecule has 1 saturated carbocycles. The van der Waals surface area contributed by atoms with Gasteiger partial charge in [-0.1, -0.05) is 12.0 Å². The van der Waals surface area contributed by atoms with Gasteiger partial charge in [-0.25, -0.2) is 4.98 Å². The molecule has 4 N–H and O–H groups in total. The Morgan fingerprint density at radius 2 is 2.16 bits per heavy atom. The van der Waals surface area contributed by atoms with E-state index in [-0.39, 0.29) is 6.73 Å². The van der Waals surface area contributed by atoms with E-state index in [2.05, 4.69) is 56.1 Å². The molecule has 5 heteroatoms. The zero-order valence-corrected chi connectivity index (χ0v) is 16.0. The molecule has 0 aliphatic heterocycles. The number of pyridine rings is 1. The van der Waals surface area contributed by atoms with Crippen molar-refractivity contribution in [2.75, 3.05) is 19.1 Å². The number of anilines is 1. The molecule has 132 valence electrons. The van der Waals surface area contributed by atoms with E-state index in [1.165, 1.54) is 31.9 Å². The lowest BCUT2D eigenvalue weighted by Gasteiger charge is -2.14. The van der Waals surface area contributed by atoms with Crippen LogP contribution in [0.3, 0.4) is 0 Å². The molecule has 25 heavy (non-hydrogen) atoms. The SMILES string of the molecule is C#Cc1ccc2c(c1)CC[C@H]1C[C@@H]21.CN.OCNc1ccc(Br)cn1. The number of rotatable bonds is 2. The number of hydrogen-bond donors (Lipinski definition) is 3. The first kappa shape index (κ1) is 19.5. The number of aliphatic hydroxyl groups excluding tert-OH is 1. The van der Waals surface area contributed by atoms with Gasteiger partial charge in [0.1, 0.15) is 12.5 Å². The summed E-state index contributed by atoms with van der Waals surface area (Å²) in [5.74, 6) is 5.27. The fraction of sp³-hybridized carbons (Fsp3) is 0.350. The second-order valence-corrected chi connectivity index (χ2v) is 6.81. The molecule has 2 aliphatic carbocycles. The van der Waals surface area contributed by atoms with Crippen LogP contribution in [-0.2, 0) is 6.42 Å². The maximum Gasteiger partial charge on any atom is 0.127 e. The number of nitrogens with zero attached hydrogens (tertiary/aromatic N) is 1. The fourth-order valence-corrected chi connectivity index (χ4v) is 3.36. The Morgan fingerprint density at radius 3 is 2.80 bits per heavy atom. The summed E-state index contributed by atoms with van der Waals surface area (Å²) in [5, 5.41) is 11.1. The molecule has 0 saturated heterocycles. The maximum atomic E-state index is 8.43. The molecule has 2 atom stereocenters. The number of nitrogens with two attached hydrogens (primary N) is 1. The van der Waals surface area contributed by atoms with Crippen molar-refractivity contribution in [3.63, 3.8) is 0 Å². The molecule has 0 radical (unpaired) electrons. The first-order valence-electron chi connectivity index (χ1n) is 8.34. The number of nitrogens with one attached hydrogen (secondary N) is 1. The summed E-state index contributed by atoms with van der Waals surface area (Å²) in [6.45, 7) is -0.0887. The Kier molecular flexibility index (Phi) is 7.45. The van der Waals surface area contributed by atoms with Crippen LogP contribution in [0.5, 0.6) is 0 Å². The summed E-state index contributed by atoms with van der Waals surface area (Å²) in [6.07, 6.45) is 11.1. The van der Waals surface area contributed by atoms with Crippen LogP contribution in [0.2, 0.25) is 0 Å². The van der Waals surface area contributed by atoms with Crippen molar-refractivity contribution in [1.82, 2.24) is 4.98 Å². The van der Waals surface area contributed by atoms with Crippen LogP contribution in [0.25, 0.3) is 0 Å². The minimum absolute atomic E-state index is 0.0887. The van der Waals surface area contributed by atoms with E-state index in [0.717, 1.165) is 21.9 Å². The summed E-state index contributed by atoms with van der Waals surface area (Å²) < 4.78 is 0.927. The van der Waals surface area contributed by atoms with Gasteiger partial charge in [-0.3, -0.25) is 0 Å². The first-order valence-corrected chi connectivity index (χ1v) is 9.14. The molecule has 4 nitrogen and oxygen atoms in total. The third-order valence-corrected chi connectivity index (χ3v) is 4.87. The molecule has 1 aromatic carbocycles. The van der Waals surface area contributed by atoms with Crippen LogP contribution in [-0.4, -0.2) is 23.9 Å². The van der Waals surface area contributed by atoms with Crippen molar-refractivity contribution in [1.29, 1.82) is 0 Å². The molecule has 4 rings (SSSR count). The van der Waals surface area contributed by atoms with Crippen LogP contribution >= 0.6 is 15.9 Å². The molecule has 1 fully saturated rings. The average molecular weight is 402 g/mol. The first-order chi connectivity index (χ1) is 12.2. The number of halogens is 1. The Hall–Kier alpha value is -1.87. The maximum absolute atomic E-state index is 8.43. The Labute approximate surface area is 158 Å². The minimum atomic E-state index is -0.0887. The highest BCUT2D eigenvalue weighted by molar-refractivity contribution is 9.10. The average Bonchev–Trinajstić information content (AvgIpc) is 3.46. The normalized spacial score (nSPS) is 18.8. The number of aliphatic hydroxyl groups is 1. The molecule has 0 amide bonds. The summed E-state index contributed by atoms with van der Waals surface area (Å²) in [7, 11) is 1.50. The standard InChI is InChI=1S/C13H12.C6H7BrN2O.CH5N/c1-2-9-3-6-12-10(7-9)4-5-11-8-13(11)12;7-5-1-2-6(8-3-5)9-4-10;1-2/h1,3,6-7,11,13H,4-5,8H2;1-3,10H,4H2,(H,8,9);2H2,1H3/t11-,13+;;/m0../s1. The van der Waals surface area contributed by atoms with Crippen molar-refractivity contribution in [2.24, 2.45) is 11.7 Å². The van der Waals surface area contributed by atoms with Crippen LogP contribution in [0, 0.1) is 18.3 Å². The van der Waals surface area contributed by atoms with E-state index in [4.69, 9.17) is 11.5 Å². The van der Waals surface area contributed by atoms with Gasteiger partial charge in [-0.05, 0) is 89.5 Å². The van der Waals surface area contributed by atoms with E-state index in [1.807, 2.05) is 6.07 Å². The number of hydrogen-bond acceptors (Lipinski definition) is 4. The van der Waals surface area contributed by atoms with Crippen LogP contribution in [0.4, 0.5) is 5.82 Å². The third-order valence-electron chi connectivity index (χ3n) is 4.40. The van der Waals surface area contributed by atoms with E-state index in [0.29, 0.717) is 5.82 Å². The van der Waals surface area contributed by atoms with Gasteiger partial charge in [0.25, 0.3) is 0 Å². The van der Waals surface area contributed by atoms with Crippen LogP contribution < -0.4 is 11.1 Å². The van der Waals surface area contributed by atoms with Gasteiger partial charge in [0.05, 0.1) is 0 Å². The predicted octanol–water partition coefficient (Wildman–Crippen LogP) is 3.50. The van der Waals surface area contributed by atoms with Gasteiger partial charge in [-0.2, -0.15) is 0 Å². The lowest BCUT2D eigenvalue weighted by atomic mass is 9.90. The Balaban J connectivity index is 0.000000170. The summed E-state index contributed by atoms with van der Waals surface area (Å²) in [6, 6.07) is 10.2. The lowest BCUT2D eigenvalue weighted by Crippen LogP contribution is -2.01. The molecule has 2 aliphatic rings. The lowest BCUT2D eigenvalue weighted by molar-refractivity contribution is 0.325. The zero-order chi connectivity index (χ0) is 18.2. The molecule has 0 unspecified atom stereocenters. The van der Waals surface area contributed by atoms with Gasteiger partial charge >= 0.3 is 0 Å². The largest absolute Gasteiger partial charge is 0.377 e. The van der Waals surface area contributed by atoms with Crippen molar-refractivity contribution in [3.05, 3.63) is 57.7 Å². The summed E-state index contributed by atoms with van der Waals surface area (Å²) in [5.41, 5.74) is 8.63. The molecular formula is C20H24BrN3O. The van der Waals surface area contributed by atoms with Gasteiger partial charge in [0.2, 0.25) is 0 Å². The Morgan fingerprint density at radius 1 is 1.36 bits per heavy atom. The van der Waals surface area contributed by atoms with Crippen molar-refractivity contribution in [3.8, 4) is 12.3 Å². The molecule has 2 aromatic rings. The number of fused-ring (bicyclic) bond motifs is 3. The van der Waals surface area contributed by atoms with Gasteiger partial charge in [0, 0.05) is 16.2 Å². The van der Waals surface area contributed by atoms with Gasteiger partial charge in [-0.15, -0.1) is 6.42 Å². The van der Waals surface area contributed by atoms with E-state index in [1.54, 1.807) is 17.8 Å². The number of aromatic nitrogens is 1. The van der Waals surface area contributed by atoms with Crippen molar-refractivity contribution < 1.29 is 5.11 Å². The number of terminal acetylenes is 1. The second kappa shape index (κ2) is 9.57. The van der Waals surface area contributed by atoms with Crippen molar-refractivity contribution in [2.45, 2.75) is 25.2 Å². The molecule has 0 bridgehead atoms. The van der Waals surface area contributed by atoms with E-state index in [9.17, 15) is 0 Å². The second-order valence-electron chi connectivity index (χ2n) is 5.90. The topological polar surface area (TPSA) is 71.2 Å². The van der Waals surface area contributed by atoms with Crippen molar-refractivity contribution >= 4 is 21.7 Å². The molecular weight excluding hydrogens is 378 g/mol. The van der Waals surface area contributed by atoms with E-state index >= 15 is 0 Å². The summed E-state index contributed by atoms with van der Waals surface area (Å²) >= 11 is 3.24. The number of benzene rings is 1. The monoisotopic (exact) mass is 401 g/mol. The molecule has 1 heterocycles. The Bertz CT molecular complexity index is 725.